The molecule has 17 heavy (non-hydrogen) atoms. The Kier molecular flexibility index (Phi) is 5.28. The molecule has 1 N–H and O–H groups in total. The van der Waals surface area contributed by atoms with E-state index < -0.39 is 0 Å². The predicted octanol–water partition coefficient (Wildman–Crippen LogP) is 3.19. The first-order valence-electron chi connectivity index (χ1n) is 5.77. The maximum absolute atomic E-state index is 13.5. The van der Waals surface area contributed by atoms with Crippen molar-refractivity contribution in [2.75, 3.05) is 18.5 Å². The van der Waals surface area contributed by atoms with Gasteiger partial charge in [0.2, 0.25) is 0 Å². The molecule has 1 rings (SSSR count). The molecule has 0 fully saturated rings. The maximum Gasteiger partial charge on any atom is 0.167 e. The number of anilines is 1. The van der Waals surface area contributed by atoms with Crippen molar-refractivity contribution in [1.29, 1.82) is 5.26 Å². The topological polar surface area (TPSA) is 45.0 Å². The van der Waals surface area contributed by atoms with Crippen LogP contribution in [0.25, 0.3) is 0 Å². The highest BCUT2D eigenvalue weighted by Gasteiger charge is 2.06. The molecule has 0 radical (unpaired) electrons. The Morgan fingerprint density at radius 2 is 2.24 bits per heavy atom. The van der Waals surface area contributed by atoms with E-state index in [4.69, 9.17) is 10.00 Å². The Morgan fingerprint density at radius 1 is 1.47 bits per heavy atom. The molecule has 0 bridgehead atoms. The molecule has 0 aromatic heterocycles. The van der Waals surface area contributed by atoms with Gasteiger partial charge in [0.1, 0.15) is 0 Å². The van der Waals surface area contributed by atoms with Gasteiger partial charge in [-0.25, -0.2) is 4.39 Å². The van der Waals surface area contributed by atoms with Crippen LogP contribution >= 0.6 is 0 Å². The zero-order chi connectivity index (χ0) is 12.7. The largest absolute Gasteiger partial charge is 0.491 e. The summed E-state index contributed by atoms with van der Waals surface area (Å²) in [5, 5.41) is 11.8. The van der Waals surface area contributed by atoms with Crippen LogP contribution in [-0.4, -0.2) is 13.2 Å². The molecule has 0 saturated heterocycles. The third-order valence-corrected chi connectivity index (χ3v) is 2.46. The second-order valence-electron chi connectivity index (χ2n) is 3.69. The molecule has 1 aromatic carbocycles. The van der Waals surface area contributed by atoms with E-state index in [1.165, 1.54) is 6.07 Å². The second kappa shape index (κ2) is 6.74. The average Bonchev–Trinajstić information content (AvgIpc) is 2.34. The Balaban J connectivity index is 2.61. The normalized spacial score (nSPS) is 11.6. The monoisotopic (exact) mass is 236 g/mol. The second-order valence-corrected chi connectivity index (χ2v) is 3.69. The molecule has 1 atom stereocenters. The quantitative estimate of drug-likeness (QED) is 0.825. The van der Waals surface area contributed by atoms with Crippen molar-refractivity contribution in [2.24, 2.45) is 5.92 Å². The van der Waals surface area contributed by atoms with E-state index in [0.717, 1.165) is 6.42 Å². The number of halogens is 1. The lowest BCUT2D eigenvalue weighted by atomic mass is 10.1. The number of hydrogen-bond donors (Lipinski definition) is 1. The van der Waals surface area contributed by atoms with Gasteiger partial charge in [-0.15, -0.1) is 0 Å². The summed E-state index contributed by atoms with van der Waals surface area (Å²) in [4.78, 5) is 0. The van der Waals surface area contributed by atoms with Crippen LogP contribution in [0.4, 0.5) is 10.1 Å². The molecule has 1 aromatic rings. The molecule has 92 valence electrons. The van der Waals surface area contributed by atoms with Crippen molar-refractivity contribution >= 4 is 5.69 Å². The van der Waals surface area contributed by atoms with Gasteiger partial charge in [-0.05, 0) is 25.5 Å². The van der Waals surface area contributed by atoms with Crippen LogP contribution in [0.15, 0.2) is 18.2 Å². The highest BCUT2D eigenvalue weighted by molar-refractivity contribution is 5.47. The number of nitrogens with one attached hydrogen (secondary N) is 1. The zero-order valence-electron chi connectivity index (χ0n) is 10.2. The Bertz CT molecular complexity index is 401. The van der Waals surface area contributed by atoms with Gasteiger partial charge in [0.25, 0.3) is 0 Å². The minimum atomic E-state index is -0.387. The Labute approximate surface area is 101 Å². The van der Waals surface area contributed by atoms with Gasteiger partial charge in [0.05, 0.1) is 18.6 Å². The fraction of sp³-hybridized carbons (Fsp3) is 0.462. The van der Waals surface area contributed by atoms with Gasteiger partial charge in [-0.1, -0.05) is 6.92 Å². The smallest absolute Gasteiger partial charge is 0.167 e. The van der Waals surface area contributed by atoms with Crippen LogP contribution in [0.2, 0.25) is 0 Å². The summed E-state index contributed by atoms with van der Waals surface area (Å²) in [5.74, 6) is -0.183. The van der Waals surface area contributed by atoms with Crippen molar-refractivity contribution in [2.45, 2.75) is 20.3 Å². The standard InChI is InChI=1S/C13H17FN2O/c1-3-10(8-15)9-16-11-5-6-13(17-4-2)12(14)7-11/h5-7,10,16H,3-4,9H2,1-2H3. The summed E-state index contributed by atoms with van der Waals surface area (Å²) in [7, 11) is 0. The minimum Gasteiger partial charge on any atom is -0.491 e. The molecule has 0 aliphatic heterocycles. The summed E-state index contributed by atoms with van der Waals surface area (Å²) < 4.78 is 18.6. The number of hydrogen-bond acceptors (Lipinski definition) is 3. The summed E-state index contributed by atoms with van der Waals surface area (Å²) in [6, 6.07) is 6.91. The lowest BCUT2D eigenvalue weighted by Gasteiger charge is -2.11. The summed E-state index contributed by atoms with van der Waals surface area (Å²) in [6.07, 6.45) is 0.781. The lowest BCUT2D eigenvalue weighted by Crippen LogP contribution is -2.11. The van der Waals surface area contributed by atoms with Crippen LogP contribution in [0.1, 0.15) is 20.3 Å². The predicted molar refractivity (Wildman–Crippen MR) is 65.5 cm³/mol. The summed E-state index contributed by atoms with van der Waals surface area (Å²) >= 11 is 0. The molecule has 0 aliphatic carbocycles. The van der Waals surface area contributed by atoms with E-state index in [9.17, 15) is 4.39 Å². The van der Waals surface area contributed by atoms with Gasteiger partial charge in [0, 0.05) is 18.3 Å². The first kappa shape index (κ1) is 13.3. The molecule has 0 amide bonds. The van der Waals surface area contributed by atoms with Gasteiger partial charge < -0.3 is 10.1 Å². The van der Waals surface area contributed by atoms with Gasteiger partial charge >= 0.3 is 0 Å². The van der Waals surface area contributed by atoms with E-state index in [-0.39, 0.29) is 17.5 Å². The fourth-order valence-corrected chi connectivity index (χ4v) is 1.41. The van der Waals surface area contributed by atoms with Crippen molar-refractivity contribution in [3.05, 3.63) is 24.0 Å². The van der Waals surface area contributed by atoms with Crippen LogP contribution in [0.5, 0.6) is 5.75 Å². The minimum absolute atomic E-state index is 0.0513. The van der Waals surface area contributed by atoms with E-state index in [2.05, 4.69) is 11.4 Å². The molecular weight excluding hydrogens is 219 g/mol. The van der Waals surface area contributed by atoms with E-state index in [0.29, 0.717) is 18.8 Å². The highest BCUT2D eigenvalue weighted by atomic mass is 19.1. The van der Waals surface area contributed by atoms with Crippen molar-refractivity contribution in [1.82, 2.24) is 0 Å². The fourth-order valence-electron chi connectivity index (χ4n) is 1.41. The number of rotatable bonds is 6. The number of ether oxygens (including phenoxy) is 1. The van der Waals surface area contributed by atoms with Crippen molar-refractivity contribution in [3.63, 3.8) is 0 Å². The van der Waals surface area contributed by atoms with E-state index in [1.54, 1.807) is 12.1 Å². The molecule has 0 spiro atoms. The first-order valence-corrected chi connectivity index (χ1v) is 5.77. The van der Waals surface area contributed by atoms with E-state index >= 15 is 0 Å². The average molecular weight is 236 g/mol. The van der Waals surface area contributed by atoms with Crippen LogP contribution in [0, 0.1) is 23.1 Å². The Morgan fingerprint density at radius 3 is 2.76 bits per heavy atom. The van der Waals surface area contributed by atoms with Crippen LogP contribution in [0.3, 0.4) is 0 Å². The molecule has 0 saturated carbocycles. The van der Waals surface area contributed by atoms with Gasteiger partial charge in [-0.3, -0.25) is 0 Å². The summed E-state index contributed by atoms with van der Waals surface area (Å²) in [5.41, 5.74) is 0.666. The van der Waals surface area contributed by atoms with E-state index in [1.807, 2.05) is 13.8 Å². The van der Waals surface area contributed by atoms with Crippen molar-refractivity contribution in [3.8, 4) is 11.8 Å². The summed E-state index contributed by atoms with van der Waals surface area (Å²) in [6.45, 7) is 4.73. The lowest BCUT2D eigenvalue weighted by molar-refractivity contribution is 0.321. The van der Waals surface area contributed by atoms with Crippen LogP contribution < -0.4 is 10.1 Å². The third kappa shape index (κ3) is 3.95. The zero-order valence-corrected chi connectivity index (χ0v) is 10.2. The molecule has 1 unspecified atom stereocenters. The first-order chi connectivity index (χ1) is 8.21. The molecule has 3 nitrogen and oxygen atoms in total. The Hall–Kier alpha value is -1.76. The van der Waals surface area contributed by atoms with Crippen LogP contribution in [-0.2, 0) is 0 Å². The maximum atomic E-state index is 13.5. The molecule has 0 heterocycles. The number of nitrogens with zero attached hydrogens (tertiary/aromatic N) is 1. The van der Waals surface area contributed by atoms with Gasteiger partial charge in [-0.2, -0.15) is 5.26 Å². The molecule has 0 aliphatic rings. The van der Waals surface area contributed by atoms with Gasteiger partial charge in [0.15, 0.2) is 11.6 Å². The molecule has 4 heteroatoms. The highest BCUT2D eigenvalue weighted by Crippen LogP contribution is 2.21. The number of benzene rings is 1. The SMILES string of the molecule is CCOc1ccc(NCC(C#N)CC)cc1F. The van der Waals surface area contributed by atoms with Crippen molar-refractivity contribution < 1.29 is 9.13 Å². The number of nitriles is 1. The third-order valence-electron chi connectivity index (χ3n) is 2.46. The molecular formula is C13H17FN2O.